The fourth-order valence-corrected chi connectivity index (χ4v) is 5.47. The van der Waals surface area contributed by atoms with Gasteiger partial charge in [0, 0.05) is 31.2 Å². The monoisotopic (exact) mass is 341 g/mol. The van der Waals surface area contributed by atoms with Gasteiger partial charge in [-0.1, -0.05) is 0 Å². The quantitative estimate of drug-likeness (QED) is 0.792. The smallest absolute Gasteiger partial charge is 0.213 e. The zero-order valence-corrected chi connectivity index (χ0v) is 15.0. The predicted molar refractivity (Wildman–Crippen MR) is 88.3 cm³/mol. The largest absolute Gasteiger partial charge is 0.293 e. The maximum Gasteiger partial charge on any atom is 0.213 e. The van der Waals surface area contributed by atoms with Crippen molar-refractivity contribution in [2.24, 2.45) is 5.92 Å². The Bertz CT molecular complexity index is 616. The van der Waals surface area contributed by atoms with Crippen molar-refractivity contribution in [3.05, 3.63) is 12.7 Å². The number of aromatic nitrogens is 3. The Kier molecular flexibility index (Phi) is 4.75. The minimum Gasteiger partial charge on any atom is -0.293 e. The molecule has 2 saturated heterocycles. The highest BCUT2D eigenvalue weighted by molar-refractivity contribution is 7.89. The molecule has 0 N–H and O–H groups in total. The van der Waals surface area contributed by atoms with Crippen molar-refractivity contribution in [3.63, 3.8) is 0 Å². The van der Waals surface area contributed by atoms with Gasteiger partial charge in [0.05, 0.1) is 12.3 Å². The minimum absolute atomic E-state index is 0.195. The van der Waals surface area contributed by atoms with Gasteiger partial charge in [-0.25, -0.2) is 17.7 Å². The van der Waals surface area contributed by atoms with Crippen LogP contribution in [0.2, 0.25) is 0 Å². The highest BCUT2D eigenvalue weighted by Gasteiger charge is 2.46. The second-order valence-corrected chi connectivity index (χ2v) is 9.18. The molecule has 0 saturated carbocycles. The molecule has 3 atom stereocenters. The van der Waals surface area contributed by atoms with Crippen LogP contribution < -0.4 is 0 Å². The van der Waals surface area contributed by atoms with E-state index in [9.17, 15) is 8.42 Å². The molecule has 130 valence electrons. The summed E-state index contributed by atoms with van der Waals surface area (Å²) >= 11 is 0. The van der Waals surface area contributed by atoms with Gasteiger partial charge in [-0.05, 0) is 39.5 Å². The van der Waals surface area contributed by atoms with Gasteiger partial charge in [-0.3, -0.25) is 9.58 Å². The lowest BCUT2D eigenvalue weighted by molar-refractivity contribution is 0.0960. The number of likely N-dealkylation sites (tertiary alicyclic amines) is 1. The van der Waals surface area contributed by atoms with Crippen molar-refractivity contribution < 1.29 is 8.42 Å². The summed E-state index contributed by atoms with van der Waals surface area (Å²) in [5, 5.41) is 4.23. The summed E-state index contributed by atoms with van der Waals surface area (Å²) in [5.74, 6) is 0.613. The number of hydrogen-bond donors (Lipinski definition) is 0. The Hall–Kier alpha value is -0.990. The third-order valence-corrected chi connectivity index (χ3v) is 7.10. The molecule has 0 aliphatic carbocycles. The van der Waals surface area contributed by atoms with Crippen LogP contribution in [0, 0.1) is 5.92 Å². The first-order chi connectivity index (χ1) is 10.9. The van der Waals surface area contributed by atoms with Crippen LogP contribution in [0.3, 0.4) is 0 Å². The zero-order valence-electron chi connectivity index (χ0n) is 14.2. The summed E-state index contributed by atoms with van der Waals surface area (Å²) in [6, 6.07) is 1.33. The van der Waals surface area contributed by atoms with Crippen molar-refractivity contribution in [2.45, 2.75) is 58.3 Å². The molecule has 0 unspecified atom stereocenters. The average molecular weight is 341 g/mol. The third kappa shape index (κ3) is 3.29. The van der Waals surface area contributed by atoms with E-state index in [-0.39, 0.29) is 5.75 Å². The lowest BCUT2D eigenvalue weighted by atomic mass is 9.93. The van der Waals surface area contributed by atoms with Crippen LogP contribution in [0.4, 0.5) is 0 Å². The van der Waals surface area contributed by atoms with E-state index in [4.69, 9.17) is 0 Å². The highest BCUT2D eigenvalue weighted by atomic mass is 32.2. The molecule has 3 heterocycles. The Morgan fingerprint density at radius 3 is 2.74 bits per heavy atom. The van der Waals surface area contributed by atoms with E-state index < -0.39 is 10.0 Å². The summed E-state index contributed by atoms with van der Waals surface area (Å²) in [6.45, 7) is 8.32. The molecule has 2 aliphatic heterocycles. The maximum absolute atomic E-state index is 12.2. The second-order valence-electron chi connectivity index (χ2n) is 6.92. The van der Waals surface area contributed by atoms with Crippen molar-refractivity contribution in [2.75, 3.05) is 18.8 Å². The van der Waals surface area contributed by atoms with Crippen molar-refractivity contribution in [3.8, 4) is 0 Å². The number of nitrogens with zero attached hydrogens (tertiary/aromatic N) is 5. The highest BCUT2D eigenvalue weighted by Crippen LogP contribution is 2.38. The SMILES string of the molecule is CCS(=O)(=O)N1CC[C@H]2[C@H](C[C@@H](Cn3cncn3)N2C(C)C)C1. The lowest BCUT2D eigenvalue weighted by Gasteiger charge is -2.39. The molecular weight excluding hydrogens is 314 g/mol. The van der Waals surface area contributed by atoms with Gasteiger partial charge in [-0.2, -0.15) is 5.10 Å². The summed E-state index contributed by atoms with van der Waals surface area (Å²) in [5.41, 5.74) is 0. The van der Waals surface area contributed by atoms with Gasteiger partial charge in [0.2, 0.25) is 10.0 Å². The Morgan fingerprint density at radius 2 is 2.13 bits per heavy atom. The molecule has 0 amide bonds. The topological polar surface area (TPSA) is 71.3 Å². The Labute approximate surface area is 138 Å². The van der Waals surface area contributed by atoms with Crippen LogP contribution in [0.25, 0.3) is 0 Å². The number of piperidine rings is 1. The molecule has 0 aromatic carbocycles. The number of fused-ring (bicyclic) bond motifs is 1. The maximum atomic E-state index is 12.2. The molecule has 1 aromatic rings. The van der Waals surface area contributed by atoms with Crippen molar-refractivity contribution in [1.82, 2.24) is 24.0 Å². The molecule has 0 radical (unpaired) electrons. The Balaban J connectivity index is 1.76. The van der Waals surface area contributed by atoms with Gasteiger partial charge in [0.25, 0.3) is 0 Å². The molecule has 23 heavy (non-hydrogen) atoms. The van der Waals surface area contributed by atoms with Crippen LogP contribution in [0.5, 0.6) is 0 Å². The van der Waals surface area contributed by atoms with E-state index in [0.717, 1.165) is 19.4 Å². The third-order valence-electron chi connectivity index (χ3n) is 5.25. The van der Waals surface area contributed by atoms with Crippen LogP contribution in [0.15, 0.2) is 12.7 Å². The summed E-state index contributed by atoms with van der Waals surface area (Å²) < 4.78 is 28.0. The molecule has 3 rings (SSSR count). The number of rotatable bonds is 5. The molecule has 0 spiro atoms. The standard InChI is InChI=1S/C15H27N5O2S/c1-4-23(21,22)19-6-5-15-13(8-19)7-14(20(15)12(2)3)9-18-11-16-10-17-18/h10-15H,4-9H2,1-3H3/t13-,14+,15+/m1/s1. The van der Waals surface area contributed by atoms with E-state index in [1.165, 1.54) is 0 Å². The van der Waals surface area contributed by atoms with Crippen molar-refractivity contribution >= 4 is 10.0 Å². The predicted octanol–water partition coefficient (Wildman–Crippen LogP) is 0.801. The van der Waals surface area contributed by atoms with Gasteiger partial charge < -0.3 is 0 Å². The van der Waals surface area contributed by atoms with Crippen LogP contribution in [0.1, 0.15) is 33.6 Å². The number of sulfonamides is 1. The fraction of sp³-hybridized carbons (Fsp3) is 0.867. The first kappa shape index (κ1) is 16.9. The zero-order chi connectivity index (χ0) is 16.6. The molecular formula is C15H27N5O2S. The van der Waals surface area contributed by atoms with E-state index in [0.29, 0.717) is 37.1 Å². The van der Waals surface area contributed by atoms with Gasteiger partial charge >= 0.3 is 0 Å². The Morgan fingerprint density at radius 1 is 1.35 bits per heavy atom. The van der Waals surface area contributed by atoms with Gasteiger partial charge in [-0.15, -0.1) is 0 Å². The van der Waals surface area contributed by atoms with Crippen LogP contribution in [-0.2, 0) is 16.6 Å². The molecule has 1 aromatic heterocycles. The molecule has 2 aliphatic rings. The first-order valence-electron chi connectivity index (χ1n) is 8.50. The lowest BCUT2D eigenvalue weighted by Crippen LogP contribution is -2.51. The molecule has 2 fully saturated rings. The second kappa shape index (κ2) is 6.49. The normalized spacial score (nSPS) is 30.0. The summed E-state index contributed by atoms with van der Waals surface area (Å²) in [7, 11) is -3.08. The van der Waals surface area contributed by atoms with E-state index in [1.807, 2.05) is 4.68 Å². The van der Waals surface area contributed by atoms with Crippen LogP contribution in [-0.4, -0.2) is 69.4 Å². The molecule has 7 nitrogen and oxygen atoms in total. The molecule has 8 heteroatoms. The first-order valence-corrected chi connectivity index (χ1v) is 10.1. The summed E-state index contributed by atoms with van der Waals surface area (Å²) in [4.78, 5) is 6.60. The number of hydrogen-bond acceptors (Lipinski definition) is 5. The minimum atomic E-state index is -3.08. The van der Waals surface area contributed by atoms with Crippen molar-refractivity contribution in [1.29, 1.82) is 0 Å². The van der Waals surface area contributed by atoms with E-state index in [1.54, 1.807) is 23.9 Å². The van der Waals surface area contributed by atoms with Gasteiger partial charge in [0.15, 0.2) is 0 Å². The molecule has 0 bridgehead atoms. The fourth-order valence-electron chi connectivity index (χ4n) is 4.30. The van der Waals surface area contributed by atoms with E-state index in [2.05, 4.69) is 28.8 Å². The van der Waals surface area contributed by atoms with Crippen LogP contribution >= 0.6 is 0 Å². The average Bonchev–Trinajstić information content (AvgIpc) is 3.13. The van der Waals surface area contributed by atoms with E-state index >= 15 is 0 Å². The summed E-state index contributed by atoms with van der Waals surface area (Å²) in [6.07, 6.45) is 5.28. The van der Waals surface area contributed by atoms with Gasteiger partial charge in [0.1, 0.15) is 12.7 Å².